The van der Waals surface area contributed by atoms with E-state index in [1.807, 2.05) is 0 Å². The van der Waals surface area contributed by atoms with E-state index < -0.39 is 0 Å². The number of hydrogen-bond donors (Lipinski definition) is 0. The van der Waals surface area contributed by atoms with Crippen LogP contribution in [0.2, 0.25) is 0 Å². The van der Waals surface area contributed by atoms with Crippen molar-refractivity contribution in [2.75, 3.05) is 0 Å². The van der Waals surface area contributed by atoms with E-state index in [9.17, 15) is 4.57 Å². The molecule has 0 rings (SSSR count). The topological polar surface area (TPSA) is 17.1 Å². The Labute approximate surface area is 37.5 Å². The van der Waals surface area contributed by atoms with Gasteiger partial charge in [-0.25, -0.2) is 0 Å². The molecule has 0 N–H and O–H groups in total. The largest absolute Gasteiger partial charge is 0.273 e. The maximum atomic E-state index is 9.47. The molecule has 1 atom stereocenters. The van der Waals surface area contributed by atoms with E-state index in [1.54, 1.807) is 6.92 Å². The molecule has 0 saturated carbocycles. The molecule has 1 unspecified atom stereocenters. The Morgan fingerprint density at radius 3 is 2.20 bits per heavy atom. The summed E-state index contributed by atoms with van der Waals surface area (Å²) in [6.45, 7) is 1.66. The van der Waals surface area contributed by atoms with Crippen LogP contribution in [0.15, 0.2) is 0 Å². The van der Waals surface area contributed by atoms with Crippen LogP contribution < -0.4 is 0 Å². The minimum atomic E-state index is -0.227. The van der Waals surface area contributed by atoms with Gasteiger partial charge in [-0.15, -0.1) is 11.6 Å². The van der Waals surface area contributed by atoms with Crippen molar-refractivity contribution < 1.29 is 4.57 Å². The molecule has 0 aliphatic rings. The van der Waals surface area contributed by atoms with Crippen LogP contribution in [0, 0.1) is 0 Å². The first-order chi connectivity index (χ1) is 2.27. The molecule has 0 aromatic carbocycles. The van der Waals surface area contributed by atoms with Crippen molar-refractivity contribution in [3.8, 4) is 0 Å². The molecule has 0 heterocycles. The van der Waals surface area contributed by atoms with Gasteiger partial charge in [0.05, 0.1) is 0 Å². The third-order valence-electron chi connectivity index (χ3n) is 0.145. The first kappa shape index (κ1) is 5.39. The maximum absolute atomic E-state index is 9.47. The molecule has 0 fully saturated rings. The number of hydrogen-bond acceptors (Lipinski definition) is 1. The van der Waals surface area contributed by atoms with Gasteiger partial charge in [0, 0.05) is 0 Å². The lowest BCUT2D eigenvalue weighted by atomic mass is 11.0. The second-order valence-corrected chi connectivity index (χ2v) is 2.62. The van der Waals surface area contributed by atoms with Gasteiger partial charge < -0.3 is 0 Å². The van der Waals surface area contributed by atoms with Gasteiger partial charge in [-0.3, -0.25) is 4.57 Å². The molecular weight excluding hydrogens is 106 g/mol. The van der Waals surface area contributed by atoms with E-state index in [-0.39, 0.29) is 13.6 Å². The minimum Gasteiger partial charge on any atom is -0.273 e. The highest BCUT2D eigenvalue weighted by Gasteiger charge is 1.85. The number of rotatable bonds is 1. The molecule has 0 bridgehead atoms. The Morgan fingerprint density at radius 2 is 2.20 bits per heavy atom. The van der Waals surface area contributed by atoms with Crippen molar-refractivity contribution in [1.82, 2.24) is 0 Å². The summed E-state index contributed by atoms with van der Waals surface area (Å²) in [5.74, 6) is 0. The van der Waals surface area contributed by atoms with Gasteiger partial charge in [0.15, 0.2) is 8.46 Å². The Bertz CT molecular complexity index is 36.6. The monoisotopic (exact) mass is 110 g/mol. The summed E-state index contributed by atoms with van der Waals surface area (Å²) in [5, 5.41) is -0.227. The van der Waals surface area contributed by atoms with Gasteiger partial charge in [0.25, 0.3) is 0 Å². The Balaban J connectivity index is 2.83. The zero-order valence-corrected chi connectivity index (χ0v) is 4.46. The van der Waals surface area contributed by atoms with Crippen molar-refractivity contribution in [3.05, 3.63) is 0 Å². The molecule has 1 nitrogen and oxygen atoms in total. The summed E-state index contributed by atoms with van der Waals surface area (Å²) in [7, 11) is 0.0123. The number of alkyl halides is 1. The van der Waals surface area contributed by atoms with Crippen LogP contribution in [0.4, 0.5) is 0 Å². The minimum absolute atomic E-state index is 0.0123. The highest BCUT2D eigenvalue weighted by atomic mass is 35.5. The summed E-state index contributed by atoms with van der Waals surface area (Å²) in [6.07, 6.45) is 0. The van der Waals surface area contributed by atoms with Gasteiger partial charge in [-0.2, -0.15) is 0 Å². The molecular formula is C2H4ClOP. The molecule has 0 amide bonds. The predicted molar refractivity (Wildman–Crippen MR) is 22.9 cm³/mol. The van der Waals surface area contributed by atoms with Gasteiger partial charge >= 0.3 is 0 Å². The third kappa shape index (κ3) is 4.39. The Kier molecular flexibility index (Phi) is 2.82. The smallest absolute Gasteiger partial charge is 0.174 e. The van der Waals surface area contributed by atoms with E-state index in [0.717, 1.165) is 0 Å². The quantitative estimate of drug-likeness (QED) is 0.372. The molecule has 0 aliphatic heterocycles. The molecule has 30 valence electrons. The van der Waals surface area contributed by atoms with E-state index in [4.69, 9.17) is 11.6 Å². The zero-order chi connectivity index (χ0) is 4.28. The van der Waals surface area contributed by atoms with Crippen molar-refractivity contribution in [1.29, 1.82) is 0 Å². The second-order valence-electron chi connectivity index (χ2n) is 0.679. The fourth-order valence-corrected chi connectivity index (χ4v) is 0. The summed E-state index contributed by atoms with van der Waals surface area (Å²) in [5.41, 5.74) is 0. The summed E-state index contributed by atoms with van der Waals surface area (Å²) >= 11 is 5.14. The molecule has 0 aliphatic carbocycles. The van der Waals surface area contributed by atoms with Crippen LogP contribution >= 0.6 is 20.1 Å². The first-order valence-electron chi connectivity index (χ1n) is 1.24. The van der Waals surface area contributed by atoms with E-state index >= 15 is 0 Å². The molecule has 0 aromatic rings. The molecule has 0 saturated heterocycles. The van der Waals surface area contributed by atoms with Crippen LogP contribution in [-0.4, -0.2) is 5.12 Å². The predicted octanol–water partition coefficient (Wildman–Crippen LogP) is 1.86. The lowest BCUT2D eigenvalue weighted by Crippen LogP contribution is -1.65. The SMILES string of the molecule is CC(Cl)P=O. The van der Waals surface area contributed by atoms with Crippen LogP contribution in [0.1, 0.15) is 6.92 Å². The van der Waals surface area contributed by atoms with Gasteiger partial charge in [-0.1, -0.05) is 0 Å². The lowest BCUT2D eigenvalue weighted by molar-refractivity contribution is 0.598. The molecule has 3 heteroatoms. The van der Waals surface area contributed by atoms with Crippen molar-refractivity contribution in [3.63, 3.8) is 0 Å². The molecule has 0 spiro atoms. The average molecular weight is 110 g/mol. The molecule has 5 heavy (non-hydrogen) atoms. The van der Waals surface area contributed by atoms with Crippen LogP contribution in [0.25, 0.3) is 0 Å². The summed E-state index contributed by atoms with van der Waals surface area (Å²) in [6, 6.07) is 0. The standard InChI is InChI=1S/C2H4ClOP/c1-2(3)5-4/h2H,1H3. The zero-order valence-electron chi connectivity index (χ0n) is 2.81. The summed E-state index contributed by atoms with van der Waals surface area (Å²) < 4.78 is 9.47. The molecule has 0 aromatic heterocycles. The fourth-order valence-electron chi connectivity index (χ4n) is 0. The van der Waals surface area contributed by atoms with E-state index in [2.05, 4.69) is 0 Å². The third-order valence-corrected chi connectivity index (χ3v) is 0.675. The van der Waals surface area contributed by atoms with Crippen LogP contribution in [0.3, 0.4) is 0 Å². The normalized spacial score (nSPS) is 15.6. The Hall–Kier alpha value is 0.390. The van der Waals surface area contributed by atoms with Crippen LogP contribution in [-0.2, 0) is 4.57 Å². The molecule has 0 radical (unpaired) electrons. The van der Waals surface area contributed by atoms with Gasteiger partial charge in [-0.05, 0) is 6.92 Å². The Morgan fingerprint density at radius 1 is 2.00 bits per heavy atom. The highest BCUT2D eigenvalue weighted by molar-refractivity contribution is 7.27. The first-order valence-corrected chi connectivity index (χ1v) is 2.55. The van der Waals surface area contributed by atoms with Crippen molar-refractivity contribution in [2.45, 2.75) is 12.0 Å². The van der Waals surface area contributed by atoms with E-state index in [0.29, 0.717) is 0 Å². The van der Waals surface area contributed by atoms with Crippen molar-refractivity contribution >= 4 is 20.1 Å². The maximum Gasteiger partial charge on any atom is 0.174 e. The second kappa shape index (κ2) is 2.62. The van der Waals surface area contributed by atoms with Crippen molar-refractivity contribution in [2.24, 2.45) is 0 Å². The average Bonchev–Trinajstić information content (AvgIpc) is 1.38. The lowest BCUT2D eigenvalue weighted by Gasteiger charge is -1.73. The fraction of sp³-hybridized carbons (Fsp3) is 1.00. The number of halogens is 1. The van der Waals surface area contributed by atoms with Gasteiger partial charge in [0.1, 0.15) is 5.12 Å². The van der Waals surface area contributed by atoms with Crippen LogP contribution in [0.5, 0.6) is 0 Å². The highest BCUT2D eigenvalue weighted by Crippen LogP contribution is 2.07. The summed E-state index contributed by atoms with van der Waals surface area (Å²) in [4.78, 5) is 0. The van der Waals surface area contributed by atoms with E-state index in [1.165, 1.54) is 0 Å². The van der Waals surface area contributed by atoms with Gasteiger partial charge in [0.2, 0.25) is 0 Å².